The van der Waals surface area contributed by atoms with Gasteiger partial charge >= 0.3 is 0 Å². The Morgan fingerprint density at radius 1 is 1.11 bits per heavy atom. The second-order valence-electron chi connectivity index (χ2n) is 8.52. The maximum atomic E-state index is 12.8. The van der Waals surface area contributed by atoms with Crippen molar-refractivity contribution in [1.82, 2.24) is 30.2 Å². The first-order valence-electron chi connectivity index (χ1n) is 11.7. The van der Waals surface area contributed by atoms with Crippen LogP contribution in [0.15, 0.2) is 67.3 Å². The summed E-state index contributed by atoms with van der Waals surface area (Å²) in [5, 5.41) is 23.1. The van der Waals surface area contributed by atoms with Crippen molar-refractivity contribution in [3.63, 3.8) is 0 Å². The third-order valence-corrected chi connectivity index (χ3v) is 6.10. The minimum Gasteiger partial charge on any atom is -0.507 e. The molecule has 36 heavy (non-hydrogen) atoms. The van der Waals surface area contributed by atoms with Gasteiger partial charge in [-0.2, -0.15) is 0 Å². The van der Waals surface area contributed by atoms with Crippen molar-refractivity contribution >= 4 is 16.9 Å². The van der Waals surface area contributed by atoms with Gasteiger partial charge in [-0.1, -0.05) is 19.1 Å². The van der Waals surface area contributed by atoms with Gasteiger partial charge in [-0.15, -0.1) is 0 Å². The van der Waals surface area contributed by atoms with E-state index in [1.54, 1.807) is 43.0 Å². The number of nitrogens with one attached hydrogen (secondary N) is 3. The van der Waals surface area contributed by atoms with Gasteiger partial charge in [0.05, 0.1) is 41.3 Å². The summed E-state index contributed by atoms with van der Waals surface area (Å²) in [6.45, 7) is 1.85. The van der Waals surface area contributed by atoms with Crippen molar-refractivity contribution in [2.45, 2.75) is 25.8 Å². The summed E-state index contributed by atoms with van der Waals surface area (Å²) in [7, 11) is 0. The van der Waals surface area contributed by atoms with Gasteiger partial charge in [0.2, 0.25) is 0 Å². The third kappa shape index (κ3) is 4.69. The number of imidazole rings is 2. The molecule has 0 unspecified atom stereocenters. The van der Waals surface area contributed by atoms with Gasteiger partial charge in [-0.3, -0.25) is 9.78 Å². The Morgan fingerprint density at radius 2 is 2.00 bits per heavy atom. The number of aromatic hydroxyl groups is 1. The molecule has 0 radical (unpaired) electrons. The van der Waals surface area contributed by atoms with Crippen LogP contribution in [0.1, 0.15) is 28.7 Å². The zero-order valence-corrected chi connectivity index (χ0v) is 19.7. The standard InChI is InChI=1S/C27H26N6O3/c1-2-22-20(4-3-9-29-22)16-6-8-25(35)21(10-16)26-32-23-7-5-17(11-24(23)33-26)27(36)31-19(14-34)12-18-13-28-15-30-18/h3-11,13,15,19,34-35H,2,12,14H2,1H3,(H,28,30)(H,31,36)(H,32,33)/t19-/m0/s1. The van der Waals surface area contributed by atoms with E-state index in [0.29, 0.717) is 34.4 Å². The fourth-order valence-corrected chi connectivity index (χ4v) is 4.24. The zero-order chi connectivity index (χ0) is 25.1. The number of aromatic nitrogens is 5. The van der Waals surface area contributed by atoms with Crippen LogP contribution in [0.4, 0.5) is 0 Å². The summed E-state index contributed by atoms with van der Waals surface area (Å²) in [5.41, 5.74) is 5.97. The van der Waals surface area contributed by atoms with Gasteiger partial charge in [0.25, 0.3) is 5.91 Å². The summed E-state index contributed by atoms with van der Waals surface area (Å²) >= 11 is 0. The van der Waals surface area contributed by atoms with Gasteiger partial charge < -0.3 is 25.5 Å². The Balaban J connectivity index is 1.42. The number of H-pyrrole nitrogens is 2. The van der Waals surface area contributed by atoms with Gasteiger partial charge in [-0.25, -0.2) is 9.97 Å². The number of phenols is 1. The van der Waals surface area contributed by atoms with E-state index in [0.717, 1.165) is 28.9 Å². The quantitative estimate of drug-likeness (QED) is 0.229. The number of pyridine rings is 1. The predicted octanol–water partition coefficient (Wildman–Crippen LogP) is 3.62. The Labute approximate surface area is 207 Å². The first-order chi connectivity index (χ1) is 17.6. The molecule has 1 amide bonds. The number of aromatic amines is 2. The second kappa shape index (κ2) is 10.0. The summed E-state index contributed by atoms with van der Waals surface area (Å²) < 4.78 is 0. The lowest BCUT2D eigenvalue weighted by Crippen LogP contribution is -2.39. The Kier molecular flexibility index (Phi) is 6.46. The predicted molar refractivity (Wildman–Crippen MR) is 136 cm³/mol. The number of amides is 1. The SMILES string of the molecule is CCc1ncccc1-c1ccc(O)c(-c2nc3ccc(C(=O)N[C@H](CO)Cc4c[nH]cn4)cc3[nH]2)c1. The molecule has 0 aliphatic rings. The van der Waals surface area contributed by atoms with Crippen LogP contribution in [0.2, 0.25) is 0 Å². The van der Waals surface area contributed by atoms with Crippen LogP contribution in [0, 0.1) is 0 Å². The normalized spacial score (nSPS) is 12.1. The molecule has 5 N–H and O–H groups in total. The van der Waals surface area contributed by atoms with Crippen molar-refractivity contribution in [2.24, 2.45) is 0 Å². The Bertz CT molecular complexity index is 1510. The molecule has 3 heterocycles. The summed E-state index contributed by atoms with van der Waals surface area (Å²) in [6.07, 6.45) is 6.27. The van der Waals surface area contributed by atoms with E-state index in [9.17, 15) is 15.0 Å². The number of phenolic OH excluding ortho intramolecular Hbond substituents is 1. The number of aliphatic hydroxyl groups is 1. The van der Waals surface area contributed by atoms with Crippen LogP contribution in [0.3, 0.4) is 0 Å². The number of carbonyl (C=O) groups excluding carboxylic acids is 1. The molecule has 0 aliphatic heterocycles. The second-order valence-corrected chi connectivity index (χ2v) is 8.52. The highest BCUT2D eigenvalue weighted by Gasteiger charge is 2.17. The van der Waals surface area contributed by atoms with Crippen LogP contribution in [-0.4, -0.2) is 53.7 Å². The van der Waals surface area contributed by atoms with E-state index in [2.05, 4.69) is 37.2 Å². The van der Waals surface area contributed by atoms with Crippen molar-refractivity contribution < 1.29 is 15.0 Å². The van der Waals surface area contributed by atoms with E-state index in [1.165, 1.54) is 0 Å². The minimum atomic E-state index is -0.464. The fourth-order valence-electron chi connectivity index (χ4n) is 4.24. The summed E-state index contributed by atoms with van der Waals surface area (Å²) in [5.74, 6) is 0.286. The molecule has 1 atom stereocenters. The largest absolute Gasteiger partial charge is 0.507 e. The lowest BCUT2D eigenvalue weighted by atomic mass is 10.00. The molecule has 2 aromatic carbocycles. The molecular weight excluding hydrogens is 456 g/mol. The van der Waals surface area contributed by atoms with E-state index >= 15 is 0 Å². The van der Waals surface area contributed by atoms with Crippen LogP contribution < -0.4 is 5.32 Å². The van der Waals surface area contributed by atoms with Crippen molar-refractivity contribution in [3.8, 4) is 28.3 Å². The van der Waals surface area contributed by atoms with Crippen molar-refractivity contribution in [3.05, 3.63) is 84.2 Å². The number of aliphatic hydroxyl groups excluding tert-OH is 1. The van der Waals surface area contributed by atoms with E-state index < -0.39 is 6.04 Å². The van der Waals surface area contributed by atoms with Crippen molar-refractivity contribution in [2.75, 3.05) is 6.61 Å². The molecule has 0 fully saturated rings. The van der Waals surface area contributed by atoms with Gasteiger partial charge in [0.1, 0.15) is 11.6 Å². The lowest BCUT2D eigenvalue weighted by molar-refractivity contribution is 0.0916. The molecule has 5 aromatic rings. The first-order valence-corrected chi connectivity index (χ1v) is 11.7. The molecule has 9 nitrogen and oxygen atoms in total. The number of hydrogen-bond acceptors (Lipinski definition) is 6. The molecule has 0 spiro atoms. The van der Waals surface area contributed by atoms with E-state index in [4.69, 9.17) is 0 Å². The molecule has 9 heteroatoms. The minimum absolute atomic E-state index is 0.0989. The Hall–Kier alpha value is -4.50. The molecule has 5 rings (SSSR count). The van der Waals surface area contributed by atoms with Crippen LogP contribution in [0.5, 0.6) is 5.75 Å². The van der Waals surface area contributed by atoms with Gasteiger partial charge in [-0.05, 0) is 48.4 Å². The fraction of sp³-hybridized carbons (Fsp3) is 0.185. The van der Waals surface area contributed by atoms with Crippen LogP contribution in [-0.2, 0) is 12.8 Å². The third-order valence-electron chi connectivity index (χ3n) is 6.10. The average Bonchev–Trinajstić information content (AvgIpc) is 3.57. The molecule has 0 saturated carbocycles. The smallest absolute Gasteiger partial charge is 0.251 e. The summed E-state index contributed by atoms with van der Waals surface area (Å²) in [6, 6.07) is 14.0. The first kappa shape index (κ1) is 23.3. The Morgan fingerprint density at radius 3 is 2.78 bits per heavy atom. The maximum Gasteiger partial charge on any atom is 0.251 e. The van der Waals surface area contributed by atoms with Crippen molar-refractivity contribution in [1.29, 1.82) is 0 Å². The summed E-state index contributed by atoms with van der Waals surface area (Å²) in [4.78, 5) is 32.2. The molecule has 0 bridgehead atoms. The number of rotatable bonds is 8. The van der Waals surface area contributed by atoms with E-state index in [-0.39, 0.29) is 18.3 Å². The average molecular weight is 483 g/mol. The van der Waals surface area contributed by atoms with Crippen LogP contribution in [0.25, 0.3) is 33.5 Å². The topological polar surface area (TPSA) is 140 Å². The highest BCUT2D eigenvalue weighted by atomic mass is 16.3. The molecule has 3 aromatic heterocycles. The molecular formula is C27H26N6O3. The number of carbonyl (C=O) groups is 1. The van der Waals surface area contributed by atoms with E-state index in [1.807, 2.05) is 24.3 Å². The lowest BCUT2D eigenvalue weighted by Gasteiger charge is -2.15. The van der Waals surface area contributed by atoms with Crippen LogP contribution >= 0.6 is 0 Å². The molecule has 182 valence electrons. The number of hydrogen-bond donors (Lipinski definition) is 5. The van der Waals surface area contributed by atoms with Gasteiger partial charge in [0.15, 0.2) is 0 Å². The maximum absolute atomic E-state index is 12.8. The number of nitrogens with zero attached hydrogens (tertiary/aromatic N) is 3. The number of fused-ring (bicyclic) bond motifs is 1. The highest BCUT2D eigenvalue weighted by molar-refractivity contribution is 5.98. The highest BCUT2D eigenvalue weighted by Crippen LogP contribution is 2.34. The zero-order valence-electron chi connectivity index (χ0n) is 19.7. The molecule has 0 aliphatic carbocycles. The molecule has 0 saturated heterocycles. The number of aryl methyl sites for hydroxylation is 1. The number of benzene rings is 2. The van der Waals surface area contributed by atoms with Gasteiger partial charge in [0, 0.05) is 35.6 Å². The monoisotopic (exact) mass is 482 g/mol.